The van der Waals surface area contributed by atoms with Gasteiger partial charge < -0.3 is 25.4 Å². The number of nitrogens with zero attached hydrogens (tertiary/aromatic N) is 2. The molecule has 0 spiro atoms. The van der Waals surface area contributed by atoms with Gasteiger partial charge in [-0.1, -0.05) is 25.0 Å². The highest BCUT2D eigenvalue weighted by Crippen LogP contribution is 2.40. The molecule has 3 aliphatic rings. The first kappa shape index (κ1) is 35.8. The summed E-state index contributed by atoms with van der Waals surface area (Å²) in [7, 11) is -3.54. The van der Waals surface area contributed by atoms with E-state index in [1.165, 1.54) is 17.3 Å². The van der Waals surface area contributed by atoms with Crippen LogP contribution in [-0.4, -0.2) is 83.7 Å². The molecule has 0 aromatic carbocycles. The Kier molecular flexibility index (Phi) is 11.6. The number of hydrogen-bond acceptors (Lipinski definition) is 10. The van der Waals surface area contributed by atoms with E-state index in [-0.39, 0.29) is 36.8 Å². The molecular weight excluding hydrogens is 630 g/mol. The molecule has 1 aromatic heterocycles. The van der Waals surface area contributed by atoms with Gasteiger partial charge in [0, 0.05) is 24.7 Å². The van der Waals surface area contributed by atoms with Gasteiger partial charge in [0.2, 0.25) is 27.7 Å². The highest BCUT2D eigenvalue weighted by molar-refractivity contribution is 7.90. The lowest BCUT2D eigenvalue weighted by molar-refractivity contribution is -0.139. The van der Waals surface area contributed by atoms with Gasteiger partial charge in [-0.15, -0.1) is 0 Å². The van der Waals surface area contributed by atoms with E-state index in [0.29, 0.717) is 25.7 Å². The quantitative estimate of drug-likeness (QED) is 0.141. The van der Waals surface area contributed by atoms with Gasteiger partial charge in [0.25, 0.3) is 0 Å². The molecule has 0 bridgehead atoms. The van der Waals surface area contributed by atoms with Crippen molar-refractivity contribution in [1.82, 2.24) is 19.9 Å². The Hall–Kier alpha value is -4.01. The van der Waals surface area contributed by atoms with Crippen LogP contribution in [0.1, 0.15) is 88.9 Å². The van der Waals surface area contributed by atoms with E-state index in [1.807, 2.05) is 12.2 Å². The second-order valence-electron chi connectivity index (χ2n) is 13.4. The summed E-state index contributed by atoms with van der Waals surface area (Å²) in [6.45, 7) is 5.04. The lowest BCUT2D eigenvalue weighted by Gasteiger charge is -2.28. The SMILES string of the molecule is CC(C)(C)OC(=O)N[C@@H](CCCCC/C=C\[C@@H]1C[C@@H]1C(=O)NS(=O)(=O)C1CC1)C(=O)N1C[C@H](OC(=O)c2cccnc2)CC1C(N)=O. The second kappa shape index (κ2) is 15.3. The van der Waals surface area contributed by atoms with Crippen molar-refractivity contribution in [2.75, 3.05) is 6.54 Å². The zero-order chi connectivity index (χ0) is 34.4. The summed E-state index contributed by atoms with van der Waals surface area (Å²) in [4.78, 5) is 68.7. The maximum absolute atomic E-state index is 13.7. The largest absolute Gasteiger partial charge is 0.457 e. The molecule has 5 atom stereocenters. The summed E-state index contributed by atoms with van der Waals surface area (Å²) in [6.07, 6.45) is 10.1. The Bertz CT molecular complexity index is 1460. The zero-order valence-corrected chi connectivity index (χ0v) is 27.9. The van der Waals surface area contributed by atoms with Crippen LogP contribution in [0.25, 0.3) is 0 Å². The predicted molar refractivity (Wildman–Crippen MR) is 170 cm³/mol. The number of unbranched alkanes of at least 4 members (excludes halogenated alkanes) is 3. The van der Waals surface area contributed by atoms with Crippen molar-refractivity contribution in [2.45, 2.75) is 108 Å². The number of pyridine rings is 1. The lowest BCUT2D eigenvalue weighted by Crippen LogP contribution is -2.53. The molecule has 2 aliphatic carbocycles. The summed E-state index contributed by atoms with van der Waals surface area (Å²) in [6, 6.07) is 1.10. The van der Waals surface area contributed by atoms with Crippen LogP contribution >= 0.6 is 0 Å². The summed E-state index contributed by atoms with van der Waals surface area (Å²) in [5, 5.41) is 2.21. The molecule has 3 fully saturated rings. The zero-order valence-electron chi connectivity index (χ0n) is 27.1. The summed E-state index contributed by atoms with van der Waals surface area (Å²) in [5.41, 5.74) is 5.05. The number of rotatable bonds is 15. The molecule has 1 aromatic rings. The van der Waals surface area contributed by atoms with Gasteiger partial charge in [-0.3, -0.25) is 24.1 Å². The molecule has 4 rings (SSSR count). The Morgan fingerprint density at radius 3 is 2.51 bits per heavy atom. The van der Waals surface area contributed by atoms with E-state index in [4.69, 9.17) is 15.2 Å². The van der Waals surface area contributed by atoms with Crippen LogP contribution in [0.4, 0.5) is 4.79 Å². The van der Waals surface area contributed by atoms with E-state index >= 15 is 0 Å². The van der Waals surface area contributed by atoms with Gasteiger partial charge in [-0.2, -0.15) is 0 Å². The van der Waals surface area contributed by atoms with Gasteiger partial charge in [-0.25, -0.2) is 18.0 Å². The number of hydrogen-bond donors (Lipinski definition) is 3. The third-order valence-electron chi connectivity index (χ3n) is 8.16. The molecule has 0 radical (unpaired) electrons. The van der Waals surface area contributed by atoms with Crippen molar-refractivity contribution in [2.24, 2.45) is 17.6 Å². The molecule has 2 heterocycles. The number of sulfonamides is 1. The first-order valence-electron chi connectivity index (χ1n) is 16.1. The third-order valence-corrected chi connectivity index (χ3v) is 10.00. The molecule has 1 aliphatic heterocycles. The maximum Gasteiger partial charge on any atom is 0.408 e. The van der Waals surface area contributed by atoms with Crippen LogP contribution in [0.5, 0.6) is 0 Å². The molecule has 4 amide bonds. The van der Waals surface area contributed by atoms with Crippen molar-refractivity contribution >= 4 is 39.8 Å². The number of amides is 4. The molecule has 14 nitrogen and oxygen atoms in total. The number of alkyl carbamates (subject to hydrolysis) is 1. The minimum absolute atomic E-state index is 0.0237. The van der Waals surface area contributed by atoms with Crippen LogP contribution in [0.15, 0.2) is 36.7 Å². The van der Waals surface area contributed by atoms with E-state index < -0.39 is 68.8 Å². The standard InChI is InChI=1S/C32H45N5O9S/c1-32(2,3)46-31(42)35-25(12-8-6-4-5-7-10-20-16-24(20)28(39)36-47(43,44)23-13-14-23)29(40)37-19-22(17-26(37)27(33)38)45-30(41)21-11-9-15-34-18-21/h7,9-11,15,18,20,22-26H,4-6,8,12-14,16-17,19H2,1-3H3,(H2,33,38)(H,35,42)(H,36,39)/b10-7-/t20-,22-,24+,25+,26?/m1/s1. The molecular formula is C32H45N5O9S. The van der Waals surface area contributed by atoms with Crippen LogP contribution in [-0.2, 0) is 33.9 Å². The number of nitrogens with two attached hydrogens (primary N) is 1. The number of esters is 1. The second-order valence-corrected chi connectivity index (χ2v) is 15.4. The molecule has 1 unspecified atom stereocenters. The predicted octanol–water partition coefficient (Wildman–Crippen LogP) is 2.34. The minimum atomic E-state index is -3.54. The van der Waals surface area contributed by atoms with Gasteiger partial charge in [-0.05, 0) is 77.3 Å². The van der Waals surface area contributed by atoms with Crippen molar-refractivity contribution in [3.8, 4) is 0 Å². The van der Waals surface area contributed by atoms with E-state index in [2.05, 4.69) is 15.0 Å². The first-order valence-corrected chi connectivity index (χ1v) is 17.6. The fourth-order valence-electron chi connectivity index (χ4n) is 5.47. The lowest BCUT2D eigenvalue weighted by atomic mass is 10.0. The highest BCUT2D eigenvalue weighted by Gasteiger charge is 2.45. The Morgan fingerprint density at radius 1 is 1.13 bits per heavy atom. The fraction of sp³-hybridized carbons (Fsp3) is 0.625. The molecule has 47 heavy (non-hydrogen) atoms. The van der Waals surface area contributed by atoms with E-state index in [0.717, 1.165) is 19.3 Å². The van der Waals surface area contributed by atoms with Gasteiger partial charge in [0.15, 0.2) is 0 Å². The maximum atomic E-state index is 13.7. The van der Waals surface area contributed by atoms with Crippen molar-refractivity contribution in [3.63, 3.8) is 0 Å². The minimum Gasteiger partial charge on any atom is -0.457 e. The van der Waals surface area contributed by atoms with Crippen molar-refractivity contribution < 1.29 is 41.9 Å². The van der Waals surface area contributed by atoms with E-state index in [1.54, 1.807) is 32.9 Å². The monoisotopic (exact) mass is 675 g/mol. The van der Waals surface area contributed by atoms with E-state index in [9.17, 15) is 32.4 Å². The first-order chi connectivity index (χ1) is 22.1. The number of likely N-dealkylation sites (tertiary alicyclic amines) is 1. The van der Waals surface area contributed by atoms with Crippen LogP contribution in [0, 0.1) is 11.8 Å². The third kappa shape index (κ3) is 10.8. The number of aromatic nitrogens is 1. The number of carbonyl (C=O) groups excluding carboxylic acids is 5. The Balaban J connectivity index is 1.27. The number of primary amides is 1. The Morgan fingerprint density at radius 2 is 1.87 bits per heavy atom. The van der Waals surface area contributed by atoms with Crippen LogP contribution < -0.4 is 15.8 Å². The highest BCUT2D eigenvalue weighted by atomic mass is 32.2. The van der Waals surface area contributed by atoms with Gasteiger partial charge >= 0.3 is 12.1 Å². The van der Waals surface area contributed by atoms with Crippen LogP contribution in [0.2, 0.25) is 0 Å². The number of ether oxygens (including phenoxy) is 2. The summed E-state index contributed by atoms with van der Waals surface area (Å²) < 4.78 is 37.1. The summed E-state index contributed by atoms with van der Waals surface area (Å²) in [5.74, 6) is -2.65. The molecule has 4 N–H and O–H groups in total. The van der Waals surface area contributed by atoms with Crippen molar-refractivity contribution in [3.05, 3.63) is 42.2 Å². The average molecular weight is 676 g/mol. The topological polar surface area (TPSA) is 204 Å². The molecule has 15 heteroatoms. The fourth-order valence-corrected chi connectivity index (χ4v) is 6.83. The molecule has 258 valence electrons. The Labute approximate surface area is 275 Å². The van der Waals surface area contributed by atoms with Gasteiger partial charge in [0.1, 0.15) is 23.8 Å². The van der Waals surface area contributed by atoms with Crippen LogP contribution in [0.3, 0.4) is 0 Å². The van der Waals surface area contributed by atoms with Crippen molar-refractivity contribution in [1.29, 1.82) is 0 Å². The molecule has 1 saturated heterocycles. The smallest absolute Gasteiger partial charge is 0.408 e. The van der Waals surface area contributed by atoms with Gasteiger partial charge in [0.05, 0.1) is 17.4 Å². The normalized spacial score (nSPS) is 23.2. The molecule has 2 saturated carbocycles. The number of carbonyl (C=O) groups is 5. The number of nitrogens with one attached hydrogen (secondary N) is 2. The average Bonchev–Trinajstić information content (AvgIpc) is 3.92. The number of allylic oxidation sites excluding steroid dienone is 2. The summed E-state index contributed by atoms with van der Waals surface area (Å²) >= 11 is 0.